The molecule has 5 nitrogen and oxygen atoms in total. The van der Waals surface area contributed by atoms with Gasteiger partial charge in [-0.1, -0.05) is 72.4 Å². The summed E-state index contributed by atoms with van der Waals surface area (Å²) < 4.78 is 0. The van der Waals surface area contributed by atoms with Gasteiger partial charge >= 0.3 is 0 Å². The summed E-state index contributed by atoms with van der Waals surface area (Å²) in [5.41, 5.74) is 2.39. The van der Waals surface area contributed by atoms with E-state index < -0.39 is 0 Å². The Labute approximate surface area is 148 Å². The molecule has 0 aliphatic carbocycles. The molecule has 5 heteroatoms. The average Bonchev–Trinajstić information content (AvgIpc) is 2.65. The van der Waals surface area contributed by atoms with E-state index in [0.29, 0.717) is 18.8 Å². The van der Waals surface area contributed by atoms with Crippen LogP contribution < -0.4 is 0 Å². The summed E-state index contributed by atoms with van der Waals surface area (Å²) >= 11 is 0. The van der Waals surface area contributed by atoms with E-state index in [-0.39, 0.29) is 12.5 Å². The van der Waals surface area contributed by atoms with Crippen molar-refractivity contribution in [3.05, 3.63) is 83.9 Å². The van der Waals surface area contributed by atoms with Crippen LogP contribution in [0.25, 0.3) is 0 Å². The number of hydrogen-bond donors (Lipinski definition) is 0. The van der Waals surface area contributed by atoms with Gasteiger partial charge in [0.05, 0.1) is 12.8 Å². The Morgan fingerprint density at radius 2 is 1.60 bits per heavy atom. The smallest absolute Gasteiger partial charge is 0.272 e. The van der Waals surface area contributed by atoms with Crippen LogP contribution in [0.5, 0.6) is 0 Å². The van der Waals surface area contributed by atoms with Gasteiger partial charge in [-0.3, -0.25) is 9.63 Å². The second-order valence-electron chi connectivity index (χ2n) is 5.45. The van der Waals surface area contributed by atoms with Crippen LogP contribution in [0.2, 0.25) is 0 Å². The molecule has 0 N–H and O–H groups in total. The van der Waals surface area contributed by atoms with Crippen LogP contribution in [0.1, 0.15) is 18.1 Å². The van der Waals surface area contributed by atoms with Crippen LogP contribution in [0.15, 0.2) is 78.0 Å². The number of oxime groups is 1. The lowest BCUT2D eigenvalue weighted by Gasteiger charge is -2.20. The lowest BCUT2D eigenvalue weighted by Crippen LogP contribution is -2.33. The van der Waals surface area contributed by atoms with Crippen molar-refractivity contribution in [1.82, 2.24) is 5.06 Å². The number of benzene rings is 2. The lowest BCUT2D eigenvalue weighted by atomic mass is 10.2. The number of nitrogens with zero attached hydrogens (tertiary/aromatic N) is 2. The highest BCUT2D eigenvalue weighted by molar-refractivity contribution is 5.92. The Hall–Kier alpha value is -2.92. The fourth-order valence-corrected chi connectivity index (χ4v) is 1.98. The first-order chi connectivity index (χ1) is 12.2. The molecule has 25 heavy (non-hydrogen) atoms. The number of rotatable bonds is 9. The van der Waals surface area contributed by atoms with Gasteiger partial charge in [0.1, 0.15) is 13.2 Å². The van der Waals surface area contributed by atoms with Crippen molar-refractivity contribution in [3.63, 3.8) is 0 Å². The first kappa shape index (κ1) is 18.4. The van der Waals surface area contributed by atoms with E-state index in [1.165, 1.54) is 11.3 Å². The normalized spacial score (nSPS) is 10.6. The zero-order valence-electron chi connectivity index (χ0n) is 14.3. The molecule has 130 valence electrons. The van der Waals surface area contributed by atoms with Gasteiger partial charge in [-0.2, -0.15) is 0 Å². The zero-order valence-corrected chi connectivity index (χ0v) is 14.3. The van der Waals surface area contributed by atoms with E-state index in [1.807, 2.05) is 60.7 Å². The molecule has 0 bridgehead atoms. The lowest BCUT2D eigenvalue weighted by molar-refractivity contribution is -0.182. The maximum absolute atomic E-state index is 12.1. The summed E-state index contributed by atoms with van der Waals surface area (Å²) in [5, 5.41) is 5.10. The van der Waals surface area contributed by atoms with Gasteiger partial charge in [0.15, 0.2) is 0 Å². The predicted octanol–water partition coefficient (Wildman–Crippen LogP) is 3.73. The van der Waals surface area contributed by atoms with Gasteiger partial charge in [-0.05, 0) is 18.1 Å². The van der Waals surface area contributed by atoms with Gasteiger partial charge in [0.2, 0.25) is 0 Å². The van der Waals surface area contributed by atoms with Crippen molar-refractivity contribution in [2.24, 2.45) is 5.16 Å². The highest BCUT2D eigenvalue weighted by atomic mass is 16.7. The van der Waals surface area contributed by atoms with Gasteiger partial charge in [0.25, 0.3) is 5.91 Å². The molecular weight excluding hydrogens is 316 g/mol. The summed E-state index contributed by atoms with van der Waals surface area (Å²) in [6.45, 7) is 6.15. The van der Waals surface area contributed by atoms with Crippen molar-refractivity contribution >= 4 is 12.1 Å². The van der Waals surface area contributed by atoms with E-state index in [0.717, 1.165) is 11.1 Å². The van der Waals surface area contributed by atoms with Gasteiger partial charge in [0, 0.05) is 5.57 Å². The fourth-order valence-electron chi connectivity index (χ4n) is 1.98. The van der Waals surface area contributed by atoms with Crippen molar-refractivity contribution in [2.75, 3.05) is 6.54 Å². The molecular formula is C20H22N2O3. The Balaban J connectivity index is 1.84. The summed E-state index contributed by atoms with van der Waals surface area (Å²) in [6, 6.07) is 19.4. The molecule has 0 radical (unpaired) electrons. The monoisotopic (exact) mass is 338 g/mol. The second kappa shape index (κ2) is 10.1. The molecule has 0 fully saturated rings. The summed E-state index contributed by atoms with van der Waals surface area (Å²) in [7, 11) is 0. The molecule has 0 saturated heterocycles. The molecule has 1 amide bonds. The van der Waals surface area contributed by atoms with Gasteiger partial charge < -0.3 is 4.84 Å². The average molecular weight is 338 g/mol. The van der Waals surface area contributed by atoms with Crippen LogP contribution in [-0.2, 0) is 27.7 Å². The maximum Gasteiger partial charge on any atom is 0.272 e. The Bertz CT molecular complexity index is 699. The third-order valence-electron chi connectivity index (χ3n) is 3.29. The standard InChI is InChI=1S/C20H22N2O3/c1-17(2)20(23)22(25-16-19-11-7-4-8-12-19)14-13-21-24-15-18-9-5-3-6-10-18/h3-13H,1,14-16H2,2H3/b21-13+. The van der Waals surface area contributed by atoms with E-state index in [9.17, 15) is 4.79 Å². The van der Waals surface area contributed by atoms with E-state index in [2.05, 4.69) is 11.7 Å². The van der Waals surface area contributed by atoms with E-state index in [1.54, 1.807) is 6.92 Å². The van der Waals surface area contributed by atoms with E-state index >= 15 is 0 Å². The Kier molecular flexibility index (Phi) is 7.41. The predicted molar refractivity (Wildman–Crippen MR) is 97.5 cm³/mol. The van der Waals surface area contributed by atoms with Crippen LogP contribution in [0, 0.1) is 0 Å². The number of carbonyl (C=O) groups is 1. The zero-order chi connectivity index (χ0) is 17.9. The highest BCUT2D eigenvalue weighted by Gasteiger charge is 2.14. The van der Waals surface area contributed by atoms with Gasteiger partial charge in [-0.15, -0.1) is 0 Å². The Morgan fingerprint density at radius 1 is 1.04 bits per heavy atom. The van der Waals surface area contributed by atoms with E-state index in [4.69, 9.17) is 9.68 Å². The van der Waals surface area contributed by atoms with Crippen molar-refractivity contribution in [1.29, 1.82) is 0 Å². The molecule has 0 atom stereocenters. The highest BCUT2D eigenvalue weighted by Crippen LogP contribution is 2.06. The fraction of sp³-hybridized carbons (Fsp3) is 0.200. The molecule has 0 aliphatic rings. The van der Waals surface area contributed by atoms with Crippen molar-refractivity contribution in [2.45, 2.75) is 20.1 Å². The first-order valence-electron chi connectivity index (χ1n) is 7.98. The minimum absolute atomic E-state index is 0.174. The summed E-state index contributed by atoms with van der Waals surface area (Å²) in [4.78, 5) is 23.0. The minimum atomic E-state index is -0.287. The molecule has 0 unspecified atom stereocenters. The van der Waals surface area contributed by atoms with Crippen molar-refractivity contribution < 1.29 is 14.5 Å². The maximum atomic E-state index is 12.1. The third kappa shape index (κ3) is 6.61. The van der Waals surface area contributed by atoms with Crippen LogP contribution in [-0.4, -0.2) is 23.7 Å². The summed E-state index contributed by atoms with van der Waals surface area (Å²) in [6.07, 6.45) is 1.49. The molecule has 0 aliphatic heterocycles. The molecule has 2 aromatic rings. The quantitative estimate of drug-likeness (QED) is 0.398. The van der Waals surface area contributed by atoms with Crippen LogP contribution in [0.3, 0.4) is 0 Å². The topological polar surface area (TPSA) is 51.1 Å². The van der Waals surface area contributed by atoms with Crippen molar-refractivity contribution in [3.8, 4) is 0 Å². The first-order valence-corrected chi connectivity index (χ1v) is 7.98. The number of carbonyl (C=O) groups excluding carboxylic acids is 1. The van der Waals surface area contributed by atoms with Crippen LogP contribution >= 0.6 is 0 Å². The summed E-state index contributed by atoms with van der Waals surface area (Å²) in [5.74, 6) is -0.287. The molecule has 2 aromatic carbocycles. The molecule has 0 aromatic heterocycles. The minimum Gasteiger partial charge on any atom is -0.391 e. The molecule has 0 saturated carbocycles. The van der Waals surface area contributed by atoms with Crippen LogP contribution in [0.4, 0.5) is 0 Å². The second-order valence-corrected chi connectivity index (χ2v) is 5.45. The molecule has 2 rings (SSSR count). The number of amides is 1. The molecule has 0 heterocycles. The molecule has 0 spiro atoms. The van der Waals surface area contributed by atoms with Gasteiger partial charge in [-0.25, -0.2) is 5.06 Å². The number of hydrogen-bond acceptors (Lipinski definition) is 4. The third-order valence-corrected chi connectivity index (χ3v) is 3.29. The SMILES string of the molecule is C=C(C)C(=O)N(C/C=N/OCc1ccccc1)OCc1ccccc1. The Morgan fingerprint density at radius 3 is 2.16 bits per heavy atom. The largest absolute Gasteiger partial charge is 0.391 e. The number of hydroxylamine groups is 2.